The summed E-state index contributed by atoms with van der Waals surface area (Å²) in [4.78, 5) is 20.2. The molecule has 0 aliphatic carbocycles. The first-order valence-corrected chi connectivity index (χ1v) is 9.17. The molecule has 0 radical (unpaired) electrons. The van der Waals surface area contributed by atoms with Crippen molar-refractivity contribution in [3.8, 4) is 11.5 Å². The summed E-state index contributed by atoms with van der Waals surface area (Å²) >= 11 is 0. The fourth-order valence-electron chi connectivity index (χ4n) is 3.17. The van der Waals surface area contributed by atoms with Crippen LogP contribution in [0.15, 0.2) is 60.3 Å². The van der Waals surface area contributed by atoms with Gasteiger partial charge in [0.05, 0.1) is 32.0 Å². The molecule has 0 bridgehead atoms. The monoisotopic (exact) mass is 398 g/mol. The van der Waals surface area contributed by atoms with Gasteiger partial charge in [0.2, 0.25) is 0 Å². The van der Waals surface area contributed by atoms with Gasteiger partial charge in [-0.15, -0.1) is 6.58 Å². The van der Waals surface area contributed by atoms with Crippen molar-refractivity contribution in [2.24, 2.45) is 5.16 Å². The van der Waals surface area contributed by atoms with E-state index in [0.717, 1.165) is 0 Å². The molecule has 152 valence electrons. The summed E-state index contributed by atoms with van der Waals surface area (Å²) in [5, 5.41) is 4.02. The van der Waals surface area contributed by atoms with E-state index in [1.807, 2.05) is 0 Å². The predicted molar refractivity (Wildman–Crippen MR) is 108 cm³/mol. The van der Waals surface area contributed by atoms with Crippen LogP contribution in [-0.2, 0) is 4.84 Å². The number of ether oxygens (including phenoxy) is 2. The van der Waals surface area contributed by atoms with E-state index >= 15 is 0 Å². The smallest absolute Gasteiger partial charge is 0.258 e. The van der Waals surface area contributed by atoms with Gasteiger partial charge >= 0.3 is 0 Å². The van der Waals surface area contributed by atoms with Crippen molar-refractivity contribution in [3.05, 3.63) is 72.1 Å². The van der Waals surface area contributed by atoms with Gasteiger partial charge in [0.1, 0.15) is 17.3 Å². The maximum atomic E-state index is 14.0. The van der Waals surface area contributed by atoms with Crippen LogP contribution in [0.4, 0.5) is 4.39 Å². The second-order valence-electron chi connectivity index (χ2n) is 6.51. The van der Waals surface area contributed by atoms with Crippen LogP contribution in [0.3, 0.4) is 0 Å². The van der Waals surface area contributed by atoms with Crippen LogP contribution in [0.25, 0.3) is 0 Å². The van der Waals surface area contributed by atoms with Gasteiger partial charge in [-0.3, -0.25) is 4.79 Å². The fraction of sp³-hybridized carbons (Fsp3) is 0.273. The van der Waals surface area contributed by atoms with Gasteiger partial charge in [0.15, 0.2) is 6.10 Å². The highest BCUT2D eigenvalue weighted by atomic mass is 19.1. The van der Waals surface area contributed by atoms with E-state index in [1.54, 1.807) is 54.5 Å². The number of hydrogen-bond acceptors (Lipinski definition) is 5. The summed E-state index contributed by atoms with van der Waals surface area (Å²) in [6.45, 7) is 4.33. The lowest BCUT2D eigenvalue weighted by Crippen LogP contribution is -2.38. The van der Waals surface area contributed by atoms with Gasteiger partial charge in [-0.25, -0.2) is 4.39 Å². The number of halogens is 1. The summed E-state index contributed by atoms with van der Waals surface area (Å²) in [7, 11) is 3.04. The summed E-state index contributed by atoms with van der Waals surface area (Å²) in [6, 6.07) is 11.4. The molecule has 0 fully saturated rings. The van der Waals surface area contributed by atoms with Crippen molar-refractivity contribution in [2.75, 3.05) is 27.3 Å². The Labute approximate surface area is 169 Å². The van der Waals surface area contributed by atoms with Crippen LogP contribution >= 0.6 is 0 Å². The van der Waals surface area contributed by atoms with Crippen molar-refractivity contribution in [2.45, 2.75) is 12.5 Å². The number of amides is 1. The number of oxime groups is 1. The van der Waals surface area contributed by atoms with Gasteiger partial charge in [0, 0.05) is 24.6 Å². The quantitative estimate of drug-likeness (QED) is 0.637. The number of carbonyl (C=O) groups excluding carboxylic acids is 1. The van der Waals surface area contributed by atoms with Crippen molar-refractivity contribution in [1.29, 1.82) is 0 Å². The minimum Gasteiger partial charge on any atom is -0.497 e. The third kappa shape index (κ3) is 4.56. The minimum absolute atomic E-state index is 0.229. The Morgan fingerprint density at radius 3 is 2.79 bits per heavy atom. The zero-order valence-electron chi connectivity index (χ0n) is 16.4. The molecular formula is C22H23FN2O4. The summed E-state index contributed by atoms with van der Waals surface area (Å²) < 4.78 is 24.5. The summed E-state index contributed by atoms with van der Waals surface area (Å²) in [6.07, 6.45) is 1.67. The SMILES string of the molecule is C=CCN(C[C@H]1CC(c2ccccc2F)=NO1)C(=O)c1ccc(OC)cc1OC. The molecule has 7 heteroatoms. The molecule has 0 saturated carbocycles. The highest BCUT2D eigenvalue weighted by Gasteiger charge is 2.28. The lowest BCUT2D eigenvalue weighted by molar-refractivity contribution is 0.0448. The molecule has 0 saturated heterocycles. The van der Waals surface area contributed by atoms with Crippen LogP contribution in [0.5, 0.6) is 11.5 Å². The Balaban J connectivity index is 1.74. The molecule has 0 unspecified atom stereocenters. The number of nitrogens with zero attached hydrogens (tertiary/aromatic N) is 2. The average Bonchev–Trinajstić information content (AvgIpc) is 3.21. The van der Waals surface area contributed by atoms with E-state index in [-0.39, 0.29) is 24.4 Å². The van der Waals surface area contributed by atoms with E-state index in [2.05, 4.69) is 11.7 Å². The third-order valence-electron chi connectivity index (χ3n) is 4.62. The Morgan fingerprint density at radius 1 is 1.31 bits per heavy atom. The summed E-state index contributed by atoms with van der Waals surface area (Å²) in [5.74, 6) is 0.430. The van der Waals surface area contributed by atoms with E-state index in [9.17, 15) is 9.18 Å². The molecule has 1 aliphatic rings. The van der Waals surface area contributed by atoms with E-state index in [4.69, 9.17) is 14.3 Å². The van der Waals surface area contributed by atoms with Crippen LogP contribution in [0, 0.1) is 5.82 Å². The van der Waals surface area contributed by atoms with Crippen molar-refractivity contribution in [3.63, 3.8) is 0 Å². The maximum Gasteiger partial charge on any atom is 0.258 e. The Hall–Kier alpha value is -3.35. The molecule has 1 amide bonds. The van der Waals surface area contributed by atoms with Crippen LogP contribution in [0.1, 0.15) is 22.3 Å². The van der Waals surface area contributed by atoms with Gasteiger partial charge in [0.25, 0.3) is 5.91 Å². The van der Waals surface area contributed by atoms with Crippen LogP contribution < -0.4 is 9.47 Å². The molecular weight excluding hydrogens is 375 g/mol. The van der Waals surface area contributed by atoms with E-state index in [0.29, 0.717) is 41.3 Å². The van der Waals surface area contributed by atoms with Gasteiger partial charge in [-0.1, -0.05) is 29.4 Å². The second-order valence-corrected chi connectivity index (χ2v) is 6.51. The summed E-state index contributed by atoms with van der Waals surface area (Å²) in [5.41, 5.74) is 1.35. The molecule has 2 aromatic rings. The molecule has 2 aromatic carbocycles. The first-order chi connectivity index (χ1) is 14.1. The number of carbonyl (C=O) groups is 1. The highest BCUT2D eigenvalue weighted by Crippen LogP contribution is 2.27. The molecule has 1 aliphatic heterocycles. The number of methoxy groups -OCH3 is 2. The van der Waals surface area contributed by atoms with Gasteiger partial charge in [-0.2, -0.15) is 0 Å². The molecule has 1 atom stereocenters. The van der Waals surface area contributed by atoms with Crippen LogP contribution in [0.2, 0.25) is 0 Å². The molecule has 0 N–H and O–H groups in total. The maximum absolute atomic E-state index is 14.0. The first-order valence-electron chi connectivity index (χ1n) is 9.17. The van der Waals surface area contributed by atoms with Gasteiger partial charge < -0.3 is 19.2 Å². The van der Waals surface area contributed by atoms with E-state index in [1.165, 1.54) is 13.2 Å². The molecule has 0 spiro atoms. The van der Waals surface area contributed by atoms with Crippen molar-refractivity contribution >= 4 is 11.6 Å². The Morgan fingerprint density at radius 2 is 2.10 bits per heavy atom. The molecule has 6 nitrogen and oxygen atoms in total. The minimum atomic E-state index is -0.377. The highest BCUT2D eigenvalue weighted by molar-refractivity contribution is 6.01. The van der Waals surface area contributed by atoms with Crippen LogP contribution in [-0.4, -0.2) is 49.9 Å². The Bertz CT molecular complexity index is 929. The fourth-order valence-corrected chi connectivity index (χ4v) is 3.17. The number of rotatable bonds is 8. The molecule has 29 heavy (non-hydrogen) atoms. The first kappa shape index (κ1) is 20.4. The molecule has 1 heterocycles. The lowest BCUT2D eigenvalue weighted by atomic mass is 10.0. The largest absolute Gasteiger partial charge is 0.497 e. The number of hydrogen-bond donors (Lipinski definition) is 0. The Kier molecular flexibility index (Phi) is 6.49. The van der Waals surface area contributed by atoms with E-state index < -0.39 is 0 Å². The normalized spacial score (nSPS) is 15.3. The predicted octanol–water partition coefficient (Wildman–Crippen LogP) is 3.66. The molecule has 0 aromatic heterocycles. The number of benzene rings is 2. The second kappa shape index (κ2) is 9.23. The molecule has 3 rings (SSSR count). The average molecular weight is 398 g/mol. The van der Waals surface area contributed by atoms with Crippen molar-refractivity contribution < 1.29 is 23.5 Å². The zero-order valence-corrected chi connectivity index (χ0v) is 16.4. The van der Waals surface area contributed by atoms with Crippen molar-refractivity contribution in [1.82, 2.24) is 4.90 Å². The van der Waals surface area contributed by atoms with Gasteiger partial charge in [-0.05, 0) is 18.2 Å². The standard InChI is InChI=1S/C22H23FN2O4/c1-4-11-25(22(26)18-10-9-15(27-2)13-21(18)28-3)14-16-12-20(24-29-16)17-7-5-6-8-19(17)23/h4-10,13,16H,1,11-12,14H2,2-3H3/t16-/m1/s1. The third-order valence-corrected chi connectivity index (χ3v) is 4.62. The lowest BCUT2D eigenvalue weighted by Gasteiger charge is -2.24. The topological polar surface area (TPSA) is 60.4 Å². The zero-order chi connectivity index (χ0) is 20.8.